The van der Waals surface area contributed by atoms with E-state index in [0.717, 1.165) is 32.2 Å². The molecule has 1 N–H and O–H groups in total. The van der Waals surface area contributed by atoms with Crippen molar-refractivity contribution in [3.05, 3.63) is 29.3 Å². The van der Waals surface area contributed by atoms with Gasteiger partial charge in [-0.05, 0) is 43.9 Å². The molecule has 1 aliphatic rings. The van der Waals surface area contributed by atoms with E-state index in [1.54, 1.807) is 25.1 Å². The number of nitrogens with one attached hydrogen (secondary N) is 1. The fraction of sp³-hybridized carbons (Fsp3) is 0.500. The second kappa shape index (κ2) is 5.83. The Balaban J connectivity index is 2.28. The highest BCUT2D eigenvalue weighted by atomic mass is 32.2. The van der Waals surface area contributed by atoms with Crippen molar-refractivity contribution in [3.63, 3.8) is 0 Å². The van der Waals surface area contributed by atoms with E-state index in [-0.39, 0.29) is 5.91 Å². The van der Waals surface area contributed by atoms with Gasteiger partial charge >= 0.3 is 0 Å². The molecule has 2 rings (SSSR count). The summed E-state index contributed by atoms with van der Waals surface area (Å²) in [6.45, 7) is 3.33. The van der Waals surface area contributed by atoms with Gasteiger partial charge in [0.05, 0.1) is 11.9 Å². The van der Waals surface area contributed by atoms with Gasteiger partial charge < -0.3 is 4.90 Å². The van der Waals surface area contributed by atoms with Crippen LogP contribution in [-0.4, -0.2) is 38.6 Å². The minimum Gasteiger partial charge on any atom is -0.339 e. The van der Waals surface area contributed by atoms with E-state index in [4.69, 9.17) is 0 Å². The summed E-state index contributed by atoms with van der Waals surface area (Å²) in [6.07, 6.45) is 4.34. The maximum absolute atomic E-state index is 12.5. The molecule has 0 atom stereocenters. The molecule has 0 aliphatic carbocycles. The first-order valence-electron chi connectivity index (χ1n) is 6.75. The van der Waals surface area contributed by atoms with E-state index >= 15 is 0 Å². The van der Waals surface area contributed by atoms with Crippen LogP contribution in [0.15, 0.2) is 18.2 Å². The van der Waals surface area contributed by atoms with Crippen LogP contribution in [0.3, 0.4) is 0 Å². The largest absolute Gasteiger partial charge is 0.339 e. The molecule has 1 heterocycles. The van der Waals surface area contributed by atoms with Crippen LogP contribution in [0.1, 0.15) is 35.2 Å². The number of sulfonamides is 1. The Labute approximate surface area is 120 Å². The molecule has 1 saturated heterocycles. The first-order chi connectivity index (χ1) is 9.38. The van der Waals surface area contributed by atoms with Gasteiger partial charge in [0.25, 0.3) is 5.91 Å². The molecule has 1 aromatic carbocycles. The summed E-state index contributed by atoms with van der Waals surface area (Å²) in [7, 11) is -3.34. The van der Waals surface area contributed by atoms with Crippen LogP contribution >= 0.6 is 0 Å². The fourth-order valence-electron chi connectivity index (χ4n) is 2.44. The molecule has 110 valence electrons. The van der Waals surface area contributed by atoms with Crippen molar-refractivity contribution in [1.29, 1.82) is 0 Å². The number of carbonyl (C=O) groups excluding carboxylic acids is 1. The van der Waals surface area contributed by atoms with E-state index in [0.29, 0.717) is 16.8 Å². The minimum absolute atomic E-state index is 0.0145. The second-order valence-electron chi connectivity index (χ2n) is 5.21. The van der Waals surface area contributed by atoms with Gasteiger partial charge in [0.2, 0.25) is 10.0 Å². The van der Waals surface area contributed by atoms with Gasteiger partial charge in [-0.25, -0.2) is 8.42 Å². The Morgan fingerprint density at radius 2 is 1.85 bits per heavy atom. The van der Waals surface area contributed by atoms with E-state index in [2.05, 4.69) is 4.72 Å². The lowest BCUT2D eigenvalue weighted by Crippen LogP contribution is -2.36. The van der Waals surface area contributed by atoms with Gasteiger partial charge in [-0.15, -0.1) is 0 Å². The number of piperidine rings is 1. The molecular weight excluding hydrogens is 276 g/mol. The van der Waals surface area contributed by atoms with Crippen molar-refractivity contribution in [2.75, 3.05) is 24.1 Å². The smallest absolute Gasteiger partial charge is 0.254 e. The highest BCUT2D eigenvalue weighted by Gasteiger charge is 2.21. The maximum Gasteiger partial charge on any atom is 0.254 e. The van der Waals surface area contributed by atoms with Crippen molar-refractivity contribution < 1.29 is 13.2 Å². The topological polar surface area (TPSA) is 66.5 Å². The maximum atomic E-state index is 12.5. The number of anilines is 1. The number of carbonyl (C=O) groups is 1. The summed E-state index contributed by atoms with van der Waals surface area (Å²) in [4.78, 5) is 14.3. The zero-order chi connectivity index (χ0) is 14.8. The number of hydrogen-bond donors (Lipinski definition) is 1. The number of nitrogens with zero attached hydrogens (tertiary/aromatic N) is 1. The summed E-state index contributed by atoms with van der Waals surface area (Å²) in [5.41, 5.74) is 1.71. The van der Waals surface area contributed by atoms with E-state index in [1.165, 1.54) is 6.42 Å². The quantitative estimate of drug-likeness (QED) is 0.927. The average Bonchev–Trinajstić information content (AvgIpc) is 2.40. The van der Waals surface area contributed by atoms with Gasteiger partial charge in [0, 0.05) is 18.7 Å². The lowest BCUT2D eigenvalue weighted by molar-refractivity contribution is 0.0723. The lowest BCUT2D eigenvalue weighted by Gasteiger charge is -2.27. The monoisotopic (exact) mass is 296 g/mol. The standard InChI is InChI=1S/C14H20N2O3S/c1-11-12(14(17)16-9-4-3-5-10-16)7-6-8-13(11)15-20(2,18)19/h6-8,15H,3-5,9-10H2,1-2H3. The van der Waals surface area contributed by atoms with Crippen LogP contribution in [0, 0.1) is 6.92 Å². The third-order valence-corrected chi connectivity index (χ3v) is 4.09. The van der Waals surface area contributed by atoms with Gasteiger partial charge in [0.1, 0.15) is 0 Å². The van der Waals surface area contributed by atoms with E-state index in [1.807, 2.05) is 4.90 Å². The summed E-state index contributed by atoms with van der Waals surface area (Å²) >= 11 is 0. The summed E-state index contributed by atoms with van der Waals surface area (Å²) in [5, 5.41) is 0. The number of benzene rings is 1. The predicted molar refractivity (Wildman–Crippen MR) is 79.4 cm³/mol. The zero-order valence-corrected chi connectivity index (χ0v) is 12.7. The molecule has 0 radical (unpaired) electrons. The molecule has 20 heavy (non-hydrogen) atoms. The van der Waals surface area contributed by atoms with Crippen molar-refractivity contribution in [2.45, 2.75) is 26.2 Å². The SMILES string of the molecule is Cc1c(NS(C)(=O)=O)cccc1C(=O)N1CCCCC1. The molecule has 1 aromatic rings. The molecule has 0 unspecified atom stereocenters. The van der Waals surface area contributed by atoms with Crippen LogP contribution in [0.2, 0.25) is 0 Å². The third-order valence-electron chi connectivity index (χ3n) is 3.50. The summed E-state index contributed by atoms with van der Waals surface area (Å²) in [5.74, 6) is -0.0145. The Kier molecular flexibility index (Phi) is 4.32. The van der Waals surface area contributed by atoms with Crippen molar-refractivity contribution >= 4 is 21.6 Å². The molecule has 6 heteroatoms. The fourth-order valence-corrected chi connectivity index (χ4v) is 3.07. The Bertz CT molecular complexity index is 605. The van der Waals surface area contributed by atoms with Gasteiger partial charge in [-0.3, -0.25) is 9.52 Å². The van der Waals surface area contributed by atoms with Crippen molar-refractivity contribution in [2.24, 2.45) is 0 Å². The molecule has 1 fully saturated rings. The first kappa shape index (κ1) is 14.8. The van der Waals surface area contributed by atoms with Crippen molar-refractivity contribution in [1.82, 2.24) is 4.90 Å². The van der Waals surface area contributed by atoms with Gasteiger partial charge in [-0.1, -0.05) is 6.07 Å². The first-order valence-corrected chi connectivity index (χ1v) is 8.64. The molecule has 0 saturated carbocycles. The van der Waals surface area contributed by atoms with Crippen LogP contribution < -0.4 is 4.72 Å². The molecule has 0 aromatic heterocycles. The number of rotatable bonds is 3. The minimum atomic E-state index is -3.34. The van der Waals surface area contributed by atoms with Gasteiger partial charge in [0.15, 0.2) is 0 Å². The van der Waals surface area contributed by atoms with Crippen molar-refractivity contribution in [3.8, 4) is 0 Å². The van der Waals surface area contributed by atoms with Gasteiger partial charge in [-0.2, -0.15) is 0 Å². The second-order valence-corrected chi connectivity index (χ2v) is 6.95. The Morgan fingerprint density at radius 3 is 2.45 bits per heavy atom. The number of amides is 1. The summed E-state index contributed by atoms with van der Waals surface area (Å²) in [6, 6.07) is 5.13. The van der Waals surface area contributed by atoms with Crippen LogP contribution in [0.5, 0.6) is 0 Å². The number of hydrogen-bond acceptors (Lipinski definition) is 3. The summed E-state index contributed by atoms with van der Waals surface area (Å²) < 4.78 is 25.1. The Morgan fingerprint density at radius 1 is 1.20 bits per heavy atom. The van der Waals surface area contributed by atoms with Crippen LogP contribution in [0.25, 0.3) is 0 Å². The van der Waals surface area contributed by atoms with Crippen LogP contribution in [-0.2, 0) is 10.0 Å². The molecule has 0 spiro atoms. The highest BCUT2D eigenvalue weighted by Crippen LogP contribution is 2.22. The molecule has 0 bridgehead atoms. The normalized spacial score (nSPS) is 16.0. The Hall–Kier alpha value is -1.56. The van der Waals surface area contributed by atoms with E-state index < -0.39 is 10.0 Å². The molecular formula is C14H20N2O3S. The third kappa shape index (κ3) is 3.50. The van der Waals surface area contributed by atoms with E-state index in [9.17, 15) is 13.2 Å². The zero-order valence-electron chi connectivity index (χ0n) is 11.8. The highest BCUT2D eigenvalue weighted by molar-refractivity contribution is 7.92. The average molecular weight is 296 g/mol. The molecule has 1 amide bonds. The number of likely N-dealkylation sites (tertiary alicyclic amines) is 1. The lowest BCUT2D eigenvalue weighted by atomic mass is 10.0. The molecule has 1 aliphatic heterocycles. The predicted octanol–water partition coefficient (Wildman–Crippen LogP) is 1.99. The molecule has 5 nitrogen and oxygen atoms in total. The van der Waals surface area contributed by atoms with Crippen LogP contribution in [0.4, 0.5) is 5.69 Å².